The van der Waals surface area contributed by atoms with Crippen LogP contribution < -0.4 is 15.4 Å². The van der Waals surface area contributed by atoms with E-state index in [0.717, 1.165) is 43.4 Å². The van der Waals surface area contributed by atoms with Gasteiger partial charge >= 0.3 is 12.4 Å². The monoisotopic (exact) mass is 509 g/mol. The largest absolute Gasteiger partial charge is 0.493 e. The minimum absolute atomic E-state index is 0.0260. The van der Waals surface area contributed by atoms with Crippen LogP contribution in [0.15, 0.2) is 59.6 Å². The predicted octanol–water partition coefficient (Wildman–Crippen LogP) is 6.30. The molecule has 4 rings (SSSR count). The quantitative estimate of drug-likeness (QED) is 0.340. The Morgan fingerprint density at radius 1 is 1.00 bits per heavy atom. The maximum atomic E-state index is 13.8. The highest BCUT2D eigenvalue weighted by Gasteiger charge is 2.35. The van der Waals surface area contributed by atoms with E-state index in [1.807, 2.05) is 0 Å². The fourth-order valence-electron chi connectivity index (χ4n) is 4.04. The van der Waals surface area contributed by atoms with E-state index in [1.165, 1.54) is 18.2 Å². The van der Waals surface area contributed by atoms with Crippen molar-refractivity contribution < 1.29 is 31.1 Å². The van der Waals surface area contributed by atoms with Crippen molar-refractivity contribution >= 4 is 17.6 Å². The smallest absolute Gasteiger partial charge is 0.419 e. The molecule has 0 radical (unpaired) electrons. The minimum atomic E-state index is -4.62. The Labute approximate surface area is 204 Å². The van der Waals surface area contributed by atoms with Crippen LogP contribution in [0.3, 0.4) is 0 Å². The Hall–Kier alpha value is -3.27. The number of aliphatic imine (C=N–C) groups is 1. The molecule has 2 aromatic rings. The molecule has 0 saturated carbocycles. The number of alkyl halides is 6. The zero-order valence-corrected chi connectivity index (χ0v) is 19.2. The van der Waals surface area contributed by atoms with Crippen LogP contribution in [0, 0.1) is 0 Å². The van der Waals surface area contributed by atoms with E-state index < -0.39 is 23.5 Å². The maximum absolute atomic E-state index is 13.8. The van der Waals surface area contributed by atoms with Crippen molar-refractivity contribution in [2.75, 3.05) is 19.7 Å². The highest BCUT2D eigenvalue weighted by atomic mass is 19.4. The van der Waals surface area contributed by atoms with Crippen molar-refractivity contribution in [2.24, 2.45) is 4.99 Å². The second-order valence-electron chi connectivity index (χ2n) is 8.48. The number of amidine groups is 1. The third-order valence-electron chi connectivity index (χ3n) is 5.88. The van der Waals surface area contributed by atoms with Crippen LogP contribution >= 0.6 is 0 Å². The van der Waals surface area contributed by atoms with Gasteiger partial charge in [-0.2, -0.15) is 26.3 Å². The van der Waals surface area contributed by atoms with Crippen molar-refractivity contribution in [3.8, 4) is 5.75 Å². The molecular weight excluding hydrogens is 484 g/mol. The number of ether oxygens (including phenoxy) is 1. The summed E-state index contributed by atoms with van der Waals surface area (Å²) in [6, 6.07) is 8.58. The molecule has 2 heterocycles. The second-order valence-corrected chi connectivity index (χ2v) is 8.48. The van der Waals surface area contributed by atoms with Gasteiger partial charge in [0.05, 0.1) is 29.5 Å². The van der Waals surface area contributed by atoms with Gasteiger partial charge in [-0.3, -0.25) is 0 Å². The molecule has 2 aliphatic heterocycles. The molecule has 192 valence electrons. The van der Waals surface area contributed by atoms with E-state index in [4.69, 9.17) is 4.74 Å². The van der Waals surface area contributed by atoms with Gasteiger partial charge in [-0.05, 0) is 67.8 Å². The van der Waals surface area contributed by atoms with E-state index in [1.54, 1.807) is 24.3 Å². The Kier molecular flexibility index (Phi) is 7.73. The molecular formula is C26H25F6N3O. The van der Waals surface area contributed by atoms with Crippen LogP contribution in [0.1, 0.15) is 41.5 Å². The minimum Gasteiger partial charge on any atom is -0.493 e. The van der Waals surface area contributed by atoms with Crippen LogP contribution in [0.2, 0.25) is 0 Å². The van der Waals surface area contributed by atoms with Crippen molar-refractivity contribution in [3.05, 3.63) is 76.9 Å². The average molecular weight is 509 g/mol. The summed E-state index contributed by atoms with van der Waals surface area (Å²) >= 11 is 0. The van der Waals surface area contributed by atoms with Crippen LogP contribution in [-0.4, -0.2) is 31.6 Å². The number of benzene rings is 2. The fourth-order valence-corrected chi connectivity index (χ4v) is 4.04. The summed E-state index contributed by atoms with van der Waals surface area (Å²) in [7, 11) is 0. The van der Waals surface area contributed by atoms with Crippen LogP contribution in [0.4, 0.5) is 26.3 Å². The molecule has 2 N–H and O–H groups in total. The Bertz CT molecular complexity index is 1140. The lowest BCUT2D eigenvalue weighted by Gasteiger charge is -2.21. The lowest BCUT2D eigenvalue weighted by molar-refractivity contribution is -0.139. The highest BCUT2D eigenvalue weighted by molar-refractivity contribution is 5.94. The lowest BCUT2D eigenvalue weighted by Crippen LogP contribution is -2.42. The number of nitrogens with zero attached hydrogens (tertiary/aromatic N) is 1. The van der Waals surface area contributed by atoms with E-state index in [9.17, 15) is 26.3 Å². The molecule has 0 aliphatic carbocycles. The van der Waals surface area contributed by atoms with Gasteiger partial charge in [0, 0.05) is 12.1 Å². The van der Waals surface area contributed by atoms with Gasteiger partial charge in [0.15, 0.2) is 0 Å². The first-order chi connectivity index (χ1) is 17.1. The summed E-state index contributed by atoms with van der Waals surface area (Å²) in [6.07, 6.45) is -1.82. The molecule has 10 heteroatoms. The summed E-state index contributed by atoms with van der Waals surface area (Å²) in [5.74, 6) is 0.448. The number of rotatable bonds is 7. The molecule has 0 spiro atoms. The lowest BCUT2D eigenvalue weighted by atomic mass is 10.0. The van der Waals surface area contributed by atoms with E-state index in [-0.39, 0.29) is 24.8 Å². The van der Waals surface area contributed by atoms with Crippen LogP contribution in [-0.2, 0) is 12.4 Å². The Balaban J connectivity index is 1.41. The van der Waals surface area contributed by atoms with Crippen LogP contribution in [0.5, 0.6) is 5.75 Å². The molecule has 2 aliphatic rings. The molecule has 2 aromatic carbocycles. The fraction of sp³-hybridized carbons (Fsp3) is 0.346. The van der Waals surface area contributed by atoms with E-state index in [0.29, 0.717) is 23.4 Å². The first-order valence-corrected chi connectivity index (χ1v) is 11.6. The molecule has 1 atom stereocenters. The molecule has 1 saturated heterocycles. The third-order valence-corrected chi connectivity index (χ3v) is 5.88. The molecule has 0 aromatic heterocycles. The second kappa shape index (κ2) is 10.8. The zero-order valence-electron chi connectivity index (χ0n) is 19.2. The summed E-state index contributed by atoms with van der Waals surface area (Å²) < 4.78 is 84.6. The van der Waals surface area contributed by atoms with Gasteiger partial charge in [0.1, 0.15) is 11.6 Å². The Morgan fingerprint density at radius 3 is 2.44 bits per heavy atom. The van der Waals surface area contributed by atoms with Gasteiger partial charge in [-0.25, -0.2) is 4.99 Å². The molecule has 1 fully saturated rings. The molecule has 0 bridgehead atoms. The van der Waals surface area contributed by atoms with Crippen molar-refractivity contribution in [1.82, 2.24) is 10.6 Å². The van der Waals surface area contributed by atoms with Gasteiger partial charge in [-0.1, -0.05) is 24.3 Å². The van der Waals surface area contributed by atoms with Gasteiger partial charge in [-0.15, -0.1) is 0 Å². The van der Waals surface area contributed by atoms with Gasteiger partial charge in [0.2, 0.25) is 0 Å². The zero-order chi connectivity index (χ0) is 25.8. The van der Waals surface area contributed by atoms with Crippen molar-refractivity contribution in [2.45, 2.75) is 37.7 Å². The summed E-state index contributed by atoms with van der Waals surface area (Å²) in [4.78, 5) is 4.55. The summed E-state index contributed by atoms with van der Waals surface area (Å²) in [5.41, 5.74) is -0.250. The highest BCUT2D eigenvalue weighted by Crippen LogP contribution is 2.38. The first-order valence-electron chi connectivity index (χ1n) is 11.6. The number of nitrogens with one attached hydrogen (secondary N) is 2. The standard InChI is InChI=1S/C26H25F6N3O/c27-25(28,29)19-9-6-17(7-10-19)4-1-2-15-36-23-11-8-18(16-20(23)26(30,31)32)21-12-14-34-24(35-21)22-5-3-13-33-22/h1,4,6-12,16,22,33H,2-3,5,13-15H2,(H,34,35)/b4-1+. The molecule has 0 amide bonds. The molecule has 4 nitrogen and oxygen atoms in total. The molecule has 1 unspecified atom stereocenters. The Morgan fingerprint density at radius 2 is 1.78 bits per heavy atom. The van der Waals surface area contributed by atoms with E-state index in [2.05, 4.69) is 15.6 Å². The number of hydrogen-bond donors (Lipinski definition) is 2. The third kappa shape index (κ3) is 6.48. The maximum Gasteiger partial charge on any atom is 0.419 e. The summed E-state index contributed by atoms with van der Waals surface area (Å²) in [5, 5.41) is 6.51. The molecule has 36 heavy (non-hydrogen) atoms. The number of hydrogen-bond acceptors (Lipinski definition) is 4. The van der Waals surface area contributed by atoms with Crippen LogP contribution in [0.25, 0.3) is 11.8 Å². The average Bonchev–Trinajstić information content (AvgIpc) is 3.38. The van der Waals surface area contributed by atoms with Gasteiger partial charge < -0.3 is 15.4 Å². The van der Waals surface area contributed by atoms with Crippen molar-refractivity contribution in [3.63, 3.8) is 0 Å². The number of halogens is 6. The van der Waals surface area contributed by atoms with E-state index >= 15 is 0 Å². The SMILES string of the molecule is FC(F)(F)c1ccc(/C=C/CCOc2ccc(C3=CCNC(C4CCCN4)=N3)cc2C(F)(F)F)cc1. The first kappa shape index (κ1) is 25.8. The normalized spacial score (nSPS) is 18.7. The van der Waals surface area contributed by atoms with Gasteiger partial charge in [0.25, 0.3) is 0 Å². The topological polar surface area (TPSA) is 45.6 Å². The predicted molar refractivity (Wildman–Crippen MR) is 126 cm³/mol. The summed E-state index contributed by atoms with van der Waals surface area (Å²) in [6.45, 7) is 1.34. The van der Waals surface area contributed by atoms with Crippen molar-refractivity contribution in [1.29, 1.82) is 0 Å².